The van der Waals surface area contributed by atoms with Crippen LogP contribution in [0.25, 0.3) is 0 Å². The van der Waals surface area contributed by atoms with E-state index in [2.05, 4.69) is 13.8 Å². The predicted molar refractivity (Wildman–Crippen MR) is 44.4 cm³/mol. The standard InChI is InChI=1S/C9H18O2/c1-8(2)5-6-11-9(3,4)7(8)10/h7,10H,5-6H2,1-4H3. The molecular formula is C9H18O2. The molecule has 1 fully saturated rings. The van der Waals surface area contributed by atoms with E-state index in [1.165, 1.54) is 0 Å². The monoisotopic (exact) mass is 158 g/mol. The summed E-state index contributed by atoms with van der Waals surface area (Å²) in [5.74, 6) is 0. The van der Waals surface area contributed by atoms with Crippen molar-refractivity contribution in [1.82, 2.24) is 0 Å². The van der Waals surface area contributed by atoms with Gasteiger partial charge in [0, 0.05) is 6.61 Å². The molecule has 1 saturated heterocycles. The Labute approximate surface area is 68.6 Å². The first kappa shape index (κ1) is 9.01. The van der Waals surface area contributed by atoms with Gasteiger partial charge in [0.1, 0.15) is 0 Å². The molecule has 1 aliphatic rings. The Kier molecular flexibility index (Phi) is 2.01. The van der Waals surface area contributed by atoms with Crippen molar-refractivity contribution in [3.63, 3.8) is 0 Å². The number of ether oxygens (including phenoxy) is 1. The van der Waals surface area contributed by atoms with Crippen LogP contribution in [-0.4, -0.2) is 23.4 Å². The molecule has 1 unspecified atom stereocenters. The van der Waals surface area contributed by atoms with Gasteiger partial charge in [0.25, 0.3) is 0 Å². The topological polar surface area (TPSA) is 29.5 Å². The van der Waals surface area contributed by atoms with Gasteiger partial charge in [0.2, 0.25) is 0 Å². The highest BCUT2D eigenvalue weighted by molar-refractivity contribution is 4.93. The summed E-state index contributed by atoms with van der Waals surface area (Å²) in [4.78, 5) is 0. The molecule has 1 atom stereocenters. The molecule has 0 saturated carbocycles. The van der Waals surface area contributed by atoms with E-state index in [1.807, 2.05) is 13.8 Å². The Morgan fingerprint density at radius 1 is 1.27 bits per heavy atom. The van der Waals surface area contributed by atoms with Gasteiger partial charge in [-0.1, -0.05) is 13.8 Å². The SMILES string of the molecule is CC1(C)CCOC(C)(C)C1O. The fourth-order valence-electron chi connectivity index (χ4n) is 1.73. The third-order valence-corrected chi connectivity index (χ3v) is 2.62. The fraction of sp³-hybridized carbons (Fsp3) is 1.00. The number of rotatable bonds is 0. The first-order valence-corrected chi connectivity index (χ1v) is 4.18. The zero-order valence-corrected chi connectivity index (χ0v) is 7.85. The van der Waals surface area contributed by atoms with Crippen LogP contribution in [0.1, 0.15) is 34.1 Å². The average Bonchev–Trinajstić information content (AvgIpc) is 1.82. The summed E-state index contributed by atoms with van der Waals surface area (Å²) in [6, 6.07) is 0. The van der Waals surface area contributed by atoms with Crippen molar-refractivity contribution in [3.05, 3.63) is 0 Å². The van der Waals surface area contributed by atoms with E-state index < -0.39 is 0 Å². The Morgan fingerprint density at radius 2 is 1.82 bits per heavy atom. The minimum absolute atomic E-state index is 0.00174. The molecule has 2 heteroatoms. The predicted octanol–water partition coefficient (Wildman–Crippen LogP) is 1.57. The lowest BCUT2D eigenvalue weighted by atomic mass is 9.74. The Balaban J connectivity index is 2.76. The number of hydrogen-bond donors (Lipinski definition) is 1. The van der Waals surface area contributed by atoms with Crippen molar-refractivity contribution in [2.75, 3.05) is 6.61 Å². The summed E-state index contributed by atoms with van der Waals surface area (Å²) in [6.07, 6.45) is 0.584. The van der Waals surface area contributed by atoms with Crippen molar-refractivity contribution in [2.24, 2.45) is 5.41 Å². The molecule has 1 heterocycles. The van der Waals surface area contributed by atoms with Crippen LogP contribution in [0.15, 0.2) is 0 Å². The van der Waals surface area contributed by atoms with Gasteiger partial charge in [-0.25, -0.2) is 0 Å². The van der Waals surface area contributed by atoms with Gasteiger partial charge in [0.15, 0.2) is 0 Å². The second-order valence-corrected chi connectivity index (χ2v) is 4.59. The highest BCUT2D eigenvalue weighted by Gasteiger charge is 2.43. The van der Waals surface area contributed by atoms with E-state index in [0.717, 1.165) is 13.0 Å². The van der Waals surface area contributed by atoms with Crippen molar-refractivity contribution in [3.8, 4) is 0 Å². The van der Waals surface area contributed by atoms with Crippen LogP contribution in [0.5, 0.6) is 0 Å². The molecule has 0 spiro atoms. The lowest BCUT2D eigenvalue weighted by molar-refractivity contribution is -0.184. The molecule has 0 bridgehead atoms. The van der Waals surface area contributed by atoms with E-state index in [0.29, 0.717) is 0 Å². The Bertz CT molecular complexity index is 134. The molecule has 11 heavy (non-hydrogen) atoms. The van der Waals surface area contributed by atoms with E-state index in [4.69, 9.17) is 4.74 Å². The van der Waals surface area contributed by atoms with E-state index in [-0.39, 0.29) is 17.1 Å². The van der Waals surface area contributed by atoms with Gasteiger partial charge in [-0.3, -0.25) is 0 Å². The lowest BCUT2D eigenvalue weighted by Gasteiger charge is -2.45. The largest absolute Gasteiger partial charge is 0.390 e. The zero-order chi connectivity index (χ0) is 8.70. The van der Waals surface area contributed by atoms with Crippen molar-refractivity contribution >= 4 is 0 Å². The molecule has 1 N–H and O–H groups in total. The summed E-state index contributed by atoms with van der Waals surface area (Å²) < 4.78 is 5.46. The van der Waals surface area contributed by atoms with Crippen LogP contribution < -0.4 is 0 Å². The molecule has 0 aromatic heterocycles. The second-order valence-electron chi connectivity index (χ2n) is 4.59. The minimum atomic E-state index is -0.373. The van der Waals surface area contributed by atoms with Gasteiger partial charge < -0.3 is 9.84 Å². The molecule has 0 amide bonds. The van der Waals surface area contributed by atoms with E-state index >= 15 is 0 Å². The van der Waals surface area contributed by atoms with Crippen molar-refractivity contribution < 1.29 is 9.84 Å². The smallest absolute Gasteiger partial charge is 0.0889 e. The molecular weight excluding hydrogens is 140 g/mol. The first-order valence-electron chi connectivity index (χ1n) is 4.18. The number of hydrogen-bond acceptors (Lipinski definition) is 2. The number of aliphatic hydroxyl groups excluding tert-OH is 1. The molecule has 0 aromatic rings. The van der Waals surface area contributed by atoms with Gasteiger partial charge in [0.05, 0.1) is 11.7 Å². The summed E-state index contributed by atoms with van der Waals surface area (Å²) in [7, 11) is 0. The summed E-state index contributed by atoms with van der Waals surface area (Å²) in [6.45, 7) is 8.82. The second kappa shape index (κ2) is 2.46. The summed E-state index contributed by atoms with van der Waals surface area (Å²) in [5.41, 5.74) is -0.372. The van der Waals surface area contributed by atoms with Gasteiger partial charge in [-0.2, -0.15) is 0 Å². The van der Waals surface area contributed by atoms with Crippen LogP contribution >= 0.6 is 0 Å². The molecule has 0 aliphatic carbocycles. The Morgan fingerprint density at radius 3 is 2.18 bits per heavy atom. The van der Waals surface area contributed by atoms with Crippen molar-refractivity contribution in [1.29, 1.82) is 0 Å². The molecule has 66 valence electrons. The van der Waals surface area contributed by atoms with Crippen LogP contribution in [0.2, 0.25) is 0 Å². The highest BCUT2D eigenvalue weighted by Crippen LogP contribution is 2.37. The third kappa shape index (κ3) is 1.57. The maximum atomic E-state index is 9.84. The van der Waals surface area contributed by atoms with Crippen LogP contribution in [0.4, 0.5) is 0 Å². The quantitative estimate of drug-likeness (QED) is 0.580. The highest BCUT2D eigenvalue weighted by atomic mass is 16.5. The number of aliphatic hydroxyl groups is 1. The molecule has 0 radical (unpaired) electrons. The zero-order valence-electron chi connectivity index (χ0n) is 7.85. The van der Waals surface area contributed by atoms with Gasteiger partial charge in [-0.05, 0) is 25.7 Å². The molecule has 1 rings (SSSR count). The first-order chi connectivity index (χ1) is 4.86. The van der Waals surface area contributed by atoms with Gasteiger partial charge in [-0.15, -0.1) is 0 Å². The summed E-state index contributed by atoms with van der Waals surface area (Å²) in [5, 5.41) is 9.84. The minimum Gasteiger partial charge on any atom is -0.390 e. The van der Waals surface area contributed by atoms with E-state index in [1.54, 1.807) is 0 Å². The lowest BCUT2D eigenvalue weighted by Crippen LogP contribution is -2.52. The molecule has 2 nitrogen and oxygen atoms in total. The van der Waals surface area contributed by atoms with Crippen LogP contribution in [0.3, 0.4) is 0 Å². The van der Waals surface area contributed by atoms with Crippen molar-refractivity contribution in [2.45, 2.75) is 45.8 Å². The maximum Gasteiger partial charge on any atom is 0.0889 e. The summed E-state index contributed by atoms with van der Waals surface area (Å²) >= 11 is 0. The van der Waals surface area contributed by atoms with Crippen LogP contribution in [0, 0.1) is 5.41 Å². The maximum absolute atomic E-state index is 9.84. The molecule has 0 aromatic carbocycles. The molecule has 1 aliphatic heterocycles. The average molecular weight is 158 g/mol. The van der Waals surface area contributed by atoms with Crippen LogP contribution in [-0.2, 0) is 4.74 Å². The normalized spacial score (nSPS) is 35.2. The van der Waals surface area contributed by atoms with E-state index in [9.17, 15) is 5.11 Å². The van der Waals surface area contributed by atoms with Gasteiger partial charge >= 0.3 is 0 Å². The third-order valence-electron chi connectivity index (χ3n) is 2.62. The Hall–Kier alpha value is -0.0800. The fourth-order valence-corrected chi connectivity index (χ4v) is 1.73.